The van der Waals surface area contributed by atoms with Crippen LogP contribution in [0.25, 0.3) is 11.1 Å². The quantitative estimate of drug-likeness (QED) is 0.865. The van der Waals surface area contributed by atoms with E-state index in [0.29, 0.717) is 6.04 Å². The molecule has 2 nitrogen and oxygen atoms in total. The molecule has 1 unspecified atom stereocenters. The highest BCUT2D eigenvalue weighted by atomic mass is 14.9. The minimum absolute atomic E-state index is 0.481. The first-order valence-electron chi connectivity index (χ1n) is 6.67. The van der Waals surface area contributed by atoms with E-state index in [0.717, 1.165) is 6.54 Å². The molecule has 1 atom stereocenters. The summed E-state index contributed by atoms with van der Waals surface area (Å²) in [5.41, 5.74) is 3.76. The summed E-state index contributed by atoms with van der Waals surface area (Å²) >= 11 is 0. The number of aromatic nitrogens is 1. The Morgan fingerprint density at radius 2 is 1.89 bits per heavy atom. The van der Waals surface area contributed by atoms with Crippen molar-refractivity contribution in [2.75, 3.05) is 6.54 Å². The Morgan fingerprint density at radius 3 is 2.67 bits per heavy atom. The predicted molar refractivity (Wildman–Crippen MR) is 74.3 cm³/mol. The van der Waals surface area contributed by atoms with Gasteiger partial charge in [0, 0.05) is 24.0 Å². The zero-order chi connectivity index (χ0) is 12.2. The Labute approximate surface area is 108 Å². The van der Waals surface area contributed by atoms with E-state index < -0.39 is 0 Å². The van der Waals surface area contributed by atoms with E-state index in [2.05, 4.69) is 40.6 Å². The van der Waals surface area contributed by atoms with Gasteiger partial charge in [-0.2, -0.15) is 0 Å². The third-order valence-corrected chi connectivity index (χ3v) is 3.58. The van der Waals surface area contributed by atoms with Crippen LogP contribution in [-0.2, 0) is 0 Å². The molecular formula is C16H18N2. The molecule has 2 aromatic rings. The van der Waals surface area contributed by atoms with Crippen LogP contribution in [0.1, 0.15) is 30.9 Å². The third kappa shape index (κ3) is 2.44. The maximum atomic E-state index is 4.40. The standard InChI is InChI=1S/C16H18N2/c1-2-6-13(7-3-1)14-10-15(12-17-11-14)16-8-4-5-9-18-16/h1-3,6-7,10-12,16,18H,4-5,8-9H2. The second kappa shape index (κ2) is 5.32. The average molecular weight is 238 g/mol. The van der Waals surface area contributed by atoms with E-state index in [1.165, 1.54) is 36.0 Å². The predicted octanol–water partition coefficient (Wildman–Crippen LogP) is 3.56. The molecule has 1 aliphatic rings. The fourth-order valence-corrected chi connectivity index (χ4v) is 2.57. The largest absolute Gasteiger partial charge is 0.310 e. The Kier molecular flexibility index (Phi) is 3.37. The Morgan fingerprint density at radius 1 is 1.00 bits per heavy atom. The van der Waals surface area contributed by atoms with Crippen molar-refractivity contribution in [2.24, 2.45) is 0 Å². The number of hydrogen-bond acceptors (Lipinski definition) is 2. The van der Waals surface area contributed by atoms with Crippen LogP contribution >= 0.6 is 0 Å². The molecule has 0 saturated carbocycles. The van der Waals surface area contributed by atoms with Crippen molar-refractivity contribution in [3.63, 3.8) is 0 Å². The molecule has 1 N–H and O–H groups in total. The minimum atomic E-state index is 0.481. The van der Waals surface area contributed by atoms with Gasteiger partial charge in [0.25, 0.3) is 0 Å². The molecule has 0 radical (unpaired) electrons. The van der Waals surface area contributed by atoms with Gasteiger partial charge in [-0.25, -0.2) is 0 Å². The first-order valence-corrected chi connectivity index (χ1v) is 6.67. The summed E-state index contributed by atoms with van der Waals surface area (Å²) in [6.07, 6.45) is 7.77. The van der Waals surface area contributed by atoms with Gasteiger partial charge >= 0.3 is 0 Å². The minimum Gasteiger partial charge on any atom is -0.310 e. The number of hydrogen-bond donors (Lipinski definition) is 1. The van der Waals surface area contributed by atoms with E-state index in [1.807, 2.05) is 18.5 Å². The van der Waals surface area contributed by atoms with E-state index in [1.54, 1.807) is 0 Å². The molecular weight excluding hydrogens is 220 g/mol. The summed E-state index contributed by atoms with van der Waals surface area (Å²) in [4.78, 5) is 4.40. The van der Waals surface area contributed by atoms with Gasteiger partial charge in [-0.1, -0.05) is 36.8 Å². The molecule has 0 aliphatic carbocycles. The van der Waals surface area contributed by atoms with E-state index in [4.69, 9.17) is 0 Å². The smallest absolute Gasteiger partial charge is 0.0346 e. The van der Waals surface area contributed by atoms with Crippen molar-refractivity contribution >= 4 is 0 Å². The summed E-state index contributed by atoms with van der Waals surface area (Å²) in [5.74, 6) is 0. The highest BCUT2D eigenvalue weighted by Gasteiger charge is 2.15. The fourth-order valence-electron chi connectivity index (χ4n) is 2.57. The molecule has 1 aromatic heterocycles. The summed E-state index contributed by atoms with van der Waals surface area (Å²) in [5, 5.41) is 3.57. The fraction of sp³-hybridized carbons (Fsp3) is 0.312. The van der Waals surface area contributed by atoms with Gasteiger partial charge in [-0.15, -0.1) is 0 Å². The maximum Gasteiger partial charge on any atom is 0.0346 e. The van der Waals surface area contributed by atoms with Crippen LogP contribution in [0.5, 0.6) is 0 Å². The van der Waals surface area contributed by atoms with Crippen molar-refractivity contribution in [3.05, 3.63) is 54.4 Å². The number of rotatable bonds is 2. The number of benzene rings is 1. The van der Waals surface area contributed by atoms with Crippen molar-refractivity contribution in [1.82, 2.24) is 10.3 Å². The highest BCUT2D eigenvalue weighted by Crippen LogP contribution is 2.26. The van der Waals surface area contributed by atoms with Crippen molar-refractivity contribution in [2.45, 2.75) is 25.3 Å². The number of nitrogens with one attached hydrogen (secondary N) is 1. The van der Waals surface area contributed by atoms with Crippen molar-refractivity contribution in [3.8, 4) is 11.1 Å². The van der Waals surface area contributed by atoms with Gasteiger partial charge in [0.1, 0.15) is 0 Å². The van der Waals surface area contributed by atoms with Crippen LogP contribution < -0.4 is 5.32 Å². The molecule has 2 heteroatoms. The Hall–Kier alpha value is -1.67. The van der Waals surface area contributed by atoms with Crippen LogP contribution in [0.3, 0.4) is 0 Å². The summed E-state index contributed by atoms with van der Waals surface area (Å²) in [6.45, 7) is 1.13. The summed E-state index contributed by atoms with van der Waals surface area (Å²) < 4.78 is 0. The van der Waals surface area contributed by atoms with Gasteiger partial charge in [-0.3, -0.25) is 4.98 Å². The summed E-state index contributed by atoms with van der Waals surface area (Å²) in [7, 11) is 0. The average Bonchev–Trinajstić information content (AvgIpc) is 2.49. The molecule has 0 amide bonds. The van der Waals surface area contributed by atoms with Crippen molar-refractivity contribution in [1.29, 1.82) is 0 Å². The van der Waals surface area contributed by atoms with Crippen LogP contribution in [0.4, 0.5) is 0 Å². The lowest BCUT2D eigenvalue weighted by atomic mass is 9.96. The normalized spacial score (nSPS) is 19.7. The molecule has 1 fully saturated rings. The van der Waals surface area contributed by atoms with Crippen LogP contribution in [-0.4, -0.2) is 11.5 Å². The van der Waals surface area contributed by atoms with Gasteiger partial charge in [-0.05, 0) is 36.6 Å². The molecule has 1 aromatic carbocycles. The first kappa shape index (κ1) is 11.4. The SMILES string of the molecule is c1ccc(-c2cncc(C3CCCCN3)c2)cc1. The van der Waals surface area contributed by atoms with E-state index in [-0.39, 0.29) is 0 Å². The van der Waals surface area contributed by atoms with Gasteiger partial charge in [0.05, 0.1) is 0 Å². The van der Waals surface area contributed by atoms with Gasteiger partial charge in [0.15, 0.2) is 0 Å². The van der Waals surface area contributed by atoms with Gasteiger partial charge < -0.3 is 5.32 Å². The molecule has 1 saturated heterocycles. The molecule has 0 spiro atoms. The van der Waals surface area contributed by atoms with Crippen LogP contribution in [0.15, 0.2) is 48.8 Å². The van der Waals surface area contributed by atoms with Gasteiger partial charge in [0.2, 0.25) is 0 Å². The number of nitrogens with zero attached hydrogens (tertiary/aromatic N) is 1. The Balaban J connectivity index is 1.89. The highest BCUT2D eigenvalue weighted by molar-refractivity contribution is 5.62. The molecule has 18 heavy (non-hydrogen) atoms. The van der Waals surface area contributed by atoms with Crippen LogP contribution in [0.2, 0.25) is 0 Å². The monoisotopic (exact) mass is 238 g/mol. The molecule has 92 valence electrons. The molecule has 0 bridgehead atoms. The third-order valence-electron chi connectivity index (χ3n) is 3.58. The topological polar surface area (TPSA) is 24.9 Å². The lowest BCUT2D eigenvalue weighted by Gasteiger charge is -2.23. The zero-order valence-corrected chi connectivity index (χ0v) is 10.5. The Bertz CT molecular complexity index is 502. The van der Waals surface area contributed by atoms with Crippen LogP contribution in [0, 0.1) is 0 Å². The number of pyridine rings is 1. The van der Waals surface area contributed by atoms with E-state index in [9.17, 15) is 0 Å². The second-order valence-corrected chi connectivity index (χ2v) is 4.88. The molecule has 1 aliphatic heterocycles. The lowest BCUT2D eigenvalue weighted by Crippen LogP contribution is -2.26. The second-order valence-electron chi connectivity index (χ2n) is 4.88. The summed E-state index contributed by atoms with van der Waals surface area (Å²) in [6, 6.07) is 13.2. The molecule has 3 rings (SSSR count). The van der Waals surface area contributed by atoms with Crippen molar-refractivity contribution < 1.29 is 0 Å². The lowest BCUT2D eigenvalue weighted by molar-refractivity contribution is 0.411. The number of piperidine rings is 1. The van der Waals surface area contributed by atoms with E-state index >= 15 is 0 Å². The maximum absolute atomic E-state index is 4.40. The molecule has 2 heterocycles. The zero-order valence-electron chi connectivity index (χ0n) is 10.5. The first-order chi connectivity index (χ1) is 8.93.